The smallest absolute Gasteiger partial charge is 0.220 e. The number of hydrogen-bond donors (Lipinski definition) is 2. The lowest BCUT2D eigenvalue weighted by Crippen LogP contribution is -2.38. The number of fused-ring (bicyclic) bond motifs is 1. The van der Waals surface area contributed by atoms with Crippen molar-refractivity contribution in [1.82, 2.24) is 5.32 Å². The van der Waals surface area contributed by atoms with Crippen LogP contribution in [0.4, 0.5) is 5.69 Å². The zero-order valence-electron chi connectivity index (χ0n) is 12.4. The molecule has 3 nitrogen and oxygen atoms in total. The van der Waals surface area contributed by atoms with Crippen LogP contribution in [0.2, 0.25) is 0 Å². The van der Waals surface area contributed by atoms with Crippen LogP contribution in [0.5, 0.6) is 0 Å². The Hall–Kier alpha value is -1.51. The fraction of sp³-hybridized carbons (Fsp3) is 0.588. The summed E-state index contributed by atoms with van der Waals surface area (Å²) in [6.45, 7) is 5.42. The molecule has 2 N–H and O–H groups in total. The number of para-hydroxylation sites is 1. The van der Waals surface area contributed by atoms with Gasteiger partial charge in [-0.25, -0.2) is 0 Å². The summed E-state index contributed by atoms with van der Waals surface area (Å²) in [6, 6.07) is 8.69. The number of carbonyl (C=O) groups is 1. The van der Waals surface area contributed by atoms with Crippen LogP contribution in [0.1, 0.15) is 44.6 Å². The van der Waals surface area contributed by atoms with Crippen molar-refractivity contribution in [3.63, 3.8) is 0 Å². The first-order chi connectivity index (χ1) is 9.65. The van der Waals surface area contributed by atoms with Gasteiger partial charge < -0.3 is 10.6 Å². The molecule has 1 saturated carbocycles. The molecule has 3 rings (SSSR count). The molecule has 0 aromatic heterocycles. The Bertz CT molecular complexity index is 500. The van der Waals surface area contributed by atoms with Crippen LogP contribution in [-0.2, 0) is 4.79 Å². The zero-order valence-corrected chi connectivity index (χ0v) is 12.4. The van der Waals surface area contributed by atoms with Crippen LogP contribution in [-0.4, -0.2) is 18.5 Å². The molecule has 20 heavy (non-hydrogen) atoms. The summed E-state index contributed by atoms with van der Waals surface area (Å²) in [5, 5.41) is 6.64. The summed E-state index contributed by atoms with van der Waals surface area (Å²) in [5.41, 5.74) is 2.48. The van der Waals surface area contributed by atoms with Crippen molar-refractivity contribution < 1.29 is 4.79 Å². The predicted molar refractivity (Wildman–Crippen MR) is 81.8 cm³/mol. The molecule has 2 aliphatic rings. The fourth-order valence-electron chi connectivity index (χ4n) is 3.60. The number of anilines is 1. The van der Waals surface area contributed by atoms with Crippen LogP contribution in [0.3, 0.4) is 0 Å². The van der Waals surface area contributed by atoms with E-state index < -0.39 is 0 Å². The normalized spacial score (nSPS) is 31.7. The highest BCUT2D eigenvalue weighted by molar-refractivity contribution is 5.78. The molecule has 1 heterocycles. The van der Waals surface area contributed by atoms with E-state index in [0.717, 1.165) is 18.9 Å². The third kappa shape index (κ3) is 2.54. The SMILES string of the molecule is CC1CCC(NC(=O)CC2CNc3ccccc32)C1C. The Morgan fingerprint density at radius 2 is 2.10 bits per heavy atom. The molecule has 1 aliphatic heterocycles. The summed E-state index contributed by atoms with van der Waals surface area (Å²) in [7, 11) is 0. The van der Waals surface area contributed by atoms with Gasteiger partial charge in [0.05, 0.1) is 0 Å². The quantitative estimate of drug-likeness (QED) is 0.887. The first-order valence-electron chi connectivity index (χ1n) is 7.77. The highest BCUT2D eigenvalue weighted by Gasteiger charge is 2.31. The molecule has 4 atom stereocenters. The average molecular weight is 272 g/mol. The lowest BCUT2D eigenvalue weighted by atomic mass is 9.95. The van der Waals surface area contributed by atoms with Crippen LogP contribution in [0.25, 0.3) is 0 Å². The van der Waals surface area contributed by atoms with Gasteiger partial charge in [-0.15, -0.1) is 0 Å². The second-order valence-electron chi connectivity index (χ2n) is 6.46. The first kappa shape index (κ1) is 13.5. The minimum absolute atomic E-state index is 0.208. The van der Waals surface area contributed by atoms with Crippen LogP contribution < -0.4 is 10.6 Å². The average Bonchev–Trinajstić information content (AvgIpc) is 2.98. The molecule has 0 radical (unpaired) electrons. The minimum atomic E-state index is 0.208. The van der Waals surface area contributed by atoms with E-state index in [4.69, 9.17) is 0 Å². The minimum Gasteiger partial charge on any atom is -0.384 e. The van der Waals surface area contributed by atoms with Gasteiger partial charge in [0.15, 0.2) is 0 Å². The van der Waals surface area contributed by atoms with Crippen molar-refractivity contribution in [1.29, 1.82) is 0 Å². The van der Waals surface area contributed by atoms with Gasteiger partial charge >= 0.3 is 0 Å². The third-order valence-electron chi connectivity index (χ3n) is 5.18. The van der Waals surface area contributed by atoms with Crippen LogP contribution in [0.15, 0.2) is 24.3 Å². The summed E-state index contributed by atoms with van der Waals surface area (Å²) in [6.07, 6.45) is 2.97. The van der Waals surface area contributed by atoms with Crippen LogP contribution in [0, 0.1) is 11.8 Å². The molecule has 1 aromatic carbocycles. The van der Waals surface area contributed by atoms with Crippen LogP contribution >= 0.6 is 0 Å². The standard InChI is InChI=1S/C17H24N2O/c1-11-7-8-15(12(11)2)19-17(20)9-13-10-18-16-6-4-3-5-14(13)16/h3-6,11-13,15,18H,7-10H2,1-2H3,(H,19,20). The summed E-state index contributed by atoms with van der Waals surface area (Å²) in [5.74, 6) is 1.86. The Balaban J connectivity index is 1.58. The molecule has 0 saturated heterocycles. The monoisotopic (exact) mass is 272 g/mol. The maximum absolute atomic E-state index is 12.3. The Labute approximate surface area is 121 Å². The highest BCUT2D eigenvalue weighted by atomic mass is 16.1. The van der Waals surface area contributed by atoms with E-state index >= 15 is 0 Å². The highest BCUT2D eigenvalue weighted by Crippen LogP contribution is 2.34. The van der Waals surface area contributed by atoms with E-state index in [1.165, 1.54) is 17.7 Å². The van der Waals surface area contributed by atoms with Gasteiger partial charge in [-0.1, -0.05) is 32.0 Å². The van der Waals surface area contributed by atoms with Gasteiger partial charge in [-0.05, 0) is 36.3 Å². The van der Waals surface area contributed by atoms with E-state index in [0.29, 0.717) is 24.3 Å². The van der Waals surface area contributed by atoms with Crippen molar-refractivity contribution in [2.45, 2.75) is 45.1 Å². The van der Waals surface area contributed by atoms with Crippen molar-refractivity contribution >= 4 is 11.6 Å². The van der Waals surface area contributed by atoms with Gasteiger partial charge in [0.2, 0.25) is 5.91 Å². The zero-order chi connectivity index (χ0) is 14.1. The van der Waals surface area contributed by atoms with E-state index in [9.17, 15) is 4.79 Å². The molecule has 4 unspecified atom stereocenters. The number of nitrogens with one attached hydrogen (secondary N) is 2. The Morgan fingerprint density at radius 3 is 2.85 bits per heavy atom. The predicted octanol–water partition coefficient (Wildman–Crippen LogP) is 3.14. The van der Waals surface area contributed by atoms with E-state index in [1.807, 2.05) is 6.07 Å². The summed E-state index contributed by atoms with van der Waals surface area (Å²) in [4.78, 5) is 12.3. The fourth-order valence-corrected chi connectivity index (χ4v) is 3.60. The van der Waals surface area contributed by atoms with Gasteiger partial charge in [0, 0.05) is 30.6 Å². The maximum Gasteiger partial charge on any atom is 0.220 e. The molecular weight excluding hydrogens is 248 g/mol. The van der Waals surface area contributed by atoms with Crippen molar-refractivity contribution in [3.05, 3.63) is 29.8 Å². The molecule has 0 bridgehead atoms. The Kier molecular flexibility index (Phi) is 3.68. The lowest BCUT2D eigenvalue weighted by molar-refractivity contribution is -0.122. The van der Waals surface area contributed by atoms with E-state index in [2.05, 4.69) is 42.7 Å². The third-order valence-corrected chi connectivity index (χ3v) is 5.18. The molecule has 1 aliphatic carbocycles. The number of amides is 1. The largest absolute Gasteiger partial charge is 0.384 e. The summed E-state index contributed by atoms with van der Waals surface area (Å²) < 4.78 is 0. The van der Waals surface area contributed by atoms with Gasteiger partial charge in [-0.3, -0.25) is 4.79 Å². The lowest BCUT2D eigenvalue weighted by Gasteiger charge is -2.20. The number of rotatable bonds is 3. The van der Waals surface area contributed by atoms with Crippen molar-refractivity contribution in [3.8, 4) is 0 Å². The Morgan fingerprint density at radius 1 is 1.30 bits per heavy atom. The van der Waals surface area contributed by atoms with E-state index in [1.54, 1.807) is 0 Å². The number of hydrogen-bond acceptors (Lipinski definition) is 2. The van der Waals surface area contributed by atoms with Crippen molar-refractivity contribution in [2.75, 3.05) is 11.9 Å². The second kappa shape index (κ2) is 5.47. The van der Waals surface area contributed by atoms with Crippen molar-refractivity contribution in [2.24, 2.45) is 11.8 Å². The molecule has 0 spiro atoms. The molecule has 1 amide bonds. The van der Waals surface area contributed by atoms with E-state index in [-0.39, 0.29) is 5.91 Å². The summed E-state index contributed by atoms with van der Waals surface area (Å²) >= 11 is 0. The topological polar surface area (TPSA) is 41.1 Å². The molecule has 1 fully saturated rings. The second-order valence-corrected chi connectivity index (χ2v) is 6.46. The number of benzene rings is 1. The first-order valence-corrected chi connectivity index (χ1v) is 7.77. The molecule has 1 aromatic rings. The maximum atomic E-state index is 12.3. The molecule has 3 heteroatoms. The van der Waals surface area contributed by atoms with Gasteiger partial charge in [0.1, 0.15) is 0 Å². The van der Waals surface area contributed by atoms with Gasteiger partial charge in [-0.2, -0.15) is 0 Å². The van der Waals surface area contributed by atoms with Gasteiger partial charge in [0.25, 0.3) is 0 Å². The molecule has 108 valence electrons. The molecular formula is C17H24N2O. The number of carbonyl (C=O) groups excluding carboxylic acids is 1.